The Morgan fingerprint density at radius 2 is 1.68 bits per heavy atom. The summed E-state index contributed by atoms with van der Waals surface area (Å²) >= 11 is 0. The van der Waals surface area contributed by atoms with E-state index in [4.69, 9.17) is 0 Å². The number of hydrogen-bond donors (Lipinski definition) is 1. The second-order valence-corrected chi connectivity index (χ2v) is 9.69. The average Bonchev–Trinajstić information content (AvgIpc) is 2.70. The number of benzene rings is 1. The molecule has 2 heterocycles. The van der Waals surface area contributed by atoms with Crippen LogP contribution in [-0.4, -0.2) is 62.3 Å². The molecule has 0 radical (unpaired) electrons. The second-order valence-electron chi connectivity index (χ2n) is 7.76. The molecule has 1 aromatic rings. The number of likely N-dealkylation sites (tertiary alicyclic amines) is 1. The molecule has 0 spiro atoms. The molecule has 2 fully saturated rings. The van der Waals surface area contributed by atoms with Gasteiger partial charge in [-0.2, -0.15) is 4.31 Å². The number of halogens is 1. The highest BCUT2D eigenvalue weighted by atomic mass is 32.2. The highest BCUT2D eigenvalue weighted by molar-refractivity contribution is 7.89. The van der Waals surface area contributed by atoms with E-state index >= 15 is 0 Å². The maximum absolute atomic E-state index is 13.1. The van der Waals surface area contributed by atoms with Crippen LogP contribution in [0.4, 0.5) is 4.39 Å². The first-order valence-corrected chi connectivity index (χ1v) is 11.6. The smallest absolute Gasteiger partial charge is 0.243 e. The molecule has 0 bridgehead atoms. The van der Waals surface area contributed by atoms with E-state index in [1.807, 2.05) is 0 Å². The van der Waals surface area contributed by atoms with Gasteiger partial charge in [0.2, 0.25) is 15.9 Å². The van der Waals surface area contributed by atoms with Crippen LogP contribution in [0.5, 0.6) is 0 Å². The van der Waals surface area contributed by atoms with Crippen molar-refractivity contribution in [3.63, 3.8) is 0 Å². The number of sulfonamides is 1. The van der Waals surface area contributed by atoms with Crippen molar-refractivity contribution in [1.29, 1.82) is 0 Å². The summed E-state index contributed by atoms with van der Waals surface area (Å²) in [5.74, 6) is -0.559. The predicted molar refractivity (Wildman–Crippen MR) is 106 cm³/mol. The summed E-state index contributed by atoms with van der Waals surface area (Å²) in [6.45, 7) is 5.96. The molecule has 0 saturated carbocycles. The summed E-state index contributed by atoms with van der Waals surface area (Å²) in [6, 6.07) is 5.10. The van der Waals surface area contributed by atoms with Gasteiger partial charge in [0, 0.05) is 38.1 Å². The molecular formula is C20H30FN3O3S. The summed E-state index contributed by atoms with van der Waals surface area (Å²) < 4.78 is 39.8. The number of piperidine rings is 2. The fourth-order valence-corrected chi connectivity index (χ4v) is 5.52. The minimum atomic E-state index is -3.64. The van der Waals surface area contributed by atoms with Crippen LogP contribution in [0.2, 0.25) is 0 Å². The summed E-state index contributed by atoms with van der Waals surface area (Å²) in [5, 5.41) is 3.17. The van der Waals surface area contributed by atoms with E-state index in [-0.39, 0.29) is 22.8 Å². The first-order valence-electron chi connectivity index (χ1n) is 10.2. The van der Waals surface area contributed by atoms with E-state index in [9.17, 15) is 17.6 Å². The molecule has 1 N–H and O–H groups in total. The Bertz CT molecular complexity index is 753. The van der Waals surface area contributed by atoms with Crippen LogP contribution in [0.25, 0.3) is 0 Å². The molecule has 0 unspecified atom stereocenters. The van der Waals surface area contributed by atoms with Crippen molar-refractivity contribution < 1.29 is 17.6 Å². The van der Waals surface area contributed by atoms with Gasteiger partial charge < -0.3 is 10.2 Å². The number of nitrogens with zero attached hydrogens (tertiary/aromatic N) is 2. The van der Waals surface area contributed by atoms with Crippen LogP contribution >= 0.6 is 0 Å². The fourth-order valence-electron chi connectivity index (χ4n) is 4.05. The van der Waals surface area contributed by atoms with Gasteiger partial charge >= 0.3 is 0 Å². The van der Waals surface area contributed by atoms with Gasteiger partial charge in [-0.05, 0) is 62.9 Å². The van der Waals surface area contributed by atoms with Crippen molar-refractivity contribution in [3.8, 4) is 0 Å². The number of nitrogens with one attached hydrogen (secondary N) is 1. The highest BCUT2D eigenvalue weighted by Crippen LogP contribution is 2.24. The molecule has 2 aliphatic heterocycles. The predicted octanol–water partition coefficient (Wildman–Crippen LogP) is 2.22. The zero-order valence-corrected chi connectivity index (χ0v) is 17.3. The lowest BCUT2D eigenvalue weighted by Gasteiger charge is -2.34. The maximum Gasteiger partial charge on any atom is 0.243 e. The third-order valence-corrected chi connectivity index (χ3v) is 7.66. The summed E-state index contributed by atoms with van der Waals surface area (Å²) in [4.78, 5) is 15.1. The Morgan fingerprint density at radius 1 is 1.07 bits per heavy atom. The topological polar surface area (TPSA) is 69.7 Å². The summed E-state index contributed by atoms with van der Waals surface area (Å²) in [7, 11) is -3.64. The van der Waals surface area contributed by atoms with Gasteiger partial charge in [-0.15, -0.1) is 0 Å². The first-order chi connectivity index (χ1) is 13.4. The van der Waals surface area contributed by atoms with E-state index in [0.29, 0.717) is 25.9 Å². The molecule has 156 valence electrons. The quantitative estimate of drug-likeness (QED) is 0.779. The standard InChI is InChI=1S/C20H30FN3O3S/c1-2-11-23-12-9-18(10-13-23)22-20(25)16-7-14-24(15-8-16)28(26,27)19-5-3-17(21)4-6-19/h3-6,16,18H,2,7-15H2,1H3,(H,22,25). The molecule has 6 nitrogen and oxygen atoms in total. The zero-order valence-electron chi connectivity index (χ0n) is 16.4. The third-order valence-electron chi connectivity index (χ3n) is 5.75. The molecule has 2 saturated heterocycles. The average molecular weight is 412 g/mol. The van der Waals surface area contributed by atoms with E-state index in [1.165, 1.54) is 16.4 Å². The summed E-state index contributed by atoms with van der Waals surface area (Å²) in [5.41, 5.74) is 0. The Balaban J connectivity index is 1.48. The second kappa shape index (κ2) is 9.33. The van der Waals surface area contributed by atoms with Crippen LogP contribution in [0.15, 0.2) is 29.2 Å². The molecule has 0 aromatic heterocycles. The Morgan fingerprint density at radius 3 is 2.25 bits per heavy atom. The van der Waals surface area contributed by atoms with Crippen LogP contribution < -0.4 is 5.32 Å². The molecule has 0 atom stereocenters. The molecule has 3 rings (SSSR count). The maximum atomic E-state index is 13.1. The van der Waals surface area contributed by atoms with E-state index in [2.05, 4.69) is 17.1 Å². The first kappa shape index (κ1) is 21.2. The van der Waals surface area contributed by atoms with Crippen molar-refractivity contribution in [3.05, 3.63) is 30.1 Å². The Hall–Kier alpha value is -1.51. The van der Waals surface area contributed by atoms with Crippen LogP contribution in [0.1, 0.15) is 39.0 Å². The van der Waals surface area contributed by atoms with Gasteiger partial charge in [-0.25, -0.2) is 12.8 Å². The molecule has 8 heteroatoms. The van der Waals surface area contributed by atoms with Gasteiger partial charge in [0.15, 0.2) is 0 Å². The summed E-state index contributed by atoms with van der Waals surface area (Å²) in [6.07, 6.45) is 4.13. The molecular weight excluding hydrogens is 381 g/mol. The van der Waals surface area contributed by atoms with Crippen molar-refractivity contribution in [2.75, 3.05) is 32.7 Å². The van der Waals surface area contributed by atoms with Crippen molar-refractivity contribution in [2.24, 2.45) is 5.92 Å². The number of rotatable bonds is 6. The molecule has 0 aliphatic carbocycles. The zero-order chi connectivity index (χ0) is 20.1. The Kier molecular flexibility index (Phi) is 7.06. The lowest BCUT2D eigenvalue weighted by Crippen LogP contribution is -2.48. The van der Waals surface area contributed by atoms with Crippen LogP contribution in [0.3, 0.4) is 0 Å². The molecule has 1 aromatic carbocycles. The lowest BCUT2D eigenvalue weighted by atomic mass is 9.96. The van der Waals surface area contributed by atoms with Crippen molar-refractivity contribution >= 4 is 15.9 Å². The van der Waals surface area contributed by atoms with Crippen LogP contribution in [-0.2, 0) is 14.8 Å². The lowest BCUT2D eigenvalue weighted by molar-refractivity contribution is -0.127. The van der Waals surface area contributed by atoms with Crippen molar-refractivity contribution in [1.82, 2.24) is 14.5 Å². The number of carbonyl (C=O) groups is 1. The van der Waals surface area contributed by atoms with Gasteiger partial charge in [-0.3, -0.25) is 4.79 Å². The third kappa shape index (κ3) is 5.10. The van der Waals surface area contributed by atoms with Gasteiger partial charge in [0.1, 0.15) is 5.82 Å². The fraction of sp³-hybridized carbons (Fsp3) is 0.650. The van der Waals surface area contributed by atoms with Crippen LogP contribution in [0, 0.1) is 11.7 Å². The molecule has 28 heavy (non-hydrogen) atoms. The minimum Gasteiger partial charge on any atom is -0.353 e. The van der Waals surface area contributed by atoms with Gasteiger partial charge in [0.25, 0.3) is 0 Å². The number of carbonyl (C=O) groups excluding carboxylic acids is 1. The normalized spacial score (nSPS) is 20.9. The number of amides is 1. The SMILES string of the molecule is CCCN1CCC(NC(=O)C2CCN(S(=O)(=O)c3ccc(F)cc3)CC2)CC1. The monoisotopic (exact) mass is 411 g/mol. The highest BCUT2D eigenvalue weighted by Gasteiger charge is 2.33. The Labute approximate surface area is 167 Å². The minimum absolute atomic E-state index is 0.0489. The van der Waals surface area contributed by atoms with E-state index in [0.717, 1.165) is 51.0 Å². The van der Waals surface area contributed by atoms with E-state index in [1.54, 1.807) is 0 Å². The number of hydrogen-bond acceptors (Lipinski definition) is 4. The largest absolute Gasteiger partial charge is 0.353 e. The van der Waals surface area contributed by atoms with Crippen molar-refractivity contribution in [2.45, 2.75) is 50.0 Å². The van der Waals surface area contributed by atoms with Gasteiger partial charge in [0.05, 0.1) is 4.90 Å². The molecule has 1 amide bonds. The van der Waals surface area contributed by atoms with E-state index < -0.39 is 15.8 Å². The van der Waals surface area contributed by atoms with Gasteiger partial charge in [-0.1, -0.05) is 6.92 Å². The molecule has 2 aliphatic rings.